The van der Waals surface area contributed by atoms with Crippen LogP contribution >= 0.6 is 0 Å². The molecule has 0 amide bonds. The van der Waals surface area contributed by atoms with Gasteiger partial charge in [-0.15, -0.1) is 0 Å². The van der Waals surface area contributed by atoms with Crippen molar-refractivity contribution >= 4 is 11.4 Å². The highest BCUT2D eigenvalue weighted by atomic mass is 16.6. The van der Waals surface area contributed by atoms with E-state index in [-0.39, 0.29) is 16.7 Å². The lowest BCUT2D eigenvalue weighted by molar-refractivity contribution is -0.385. The molecule has 2 rings (SSSR count). The third-order valence-electron chi connectivity index (χ3n) is 3.38. The minimum Gasteiger partial charge on any atom is -0.493 e. The maximum atomic E-state index is 10.8. The van der Waals surface area contributed by atoms with Crippen LogP contribution in [-0.4, -0.2) is 24.7 Å². The van der Waals surface area contributed by atoms with Crippen LogP contribution in [0.3, 0.4) is 0 Å². The average Bonchev–Trinajstić information content (AvgIpc) is 2.53. The van der Waals surface area contributed by atoms with Crippen molar-refractivity contribution in [1.82, 2.24) is 0 Å². The Kier molecular flexibility index (Phi) is 5.41. The van der Waals surface area contributed by atoms with E-state index in [1.807, 2.05) is 31.2 Å². The van der Waals surface area contributed by atoms with Crippen molar-refractivity contribution in [2.24, 2.45) is 0 Å². The van der Waals surface area contributed by atoms with E-state index in [0.29, 0.717) is 23.6 Å². The molecule has 0 saturated carbocycles. The second-order valence-corrected chi connectivity index (χ2v) is 5.22. The van der Waals surface area contributed by atoms with Gasteiger partial charge in [-0.25, -0.2) is 0 Å². The summed E-state index contributed by atoms with van der Waals surface area (Å²) in [5.74, 6) is 1.37. The van der Waals surface area contributed by atoms with Crippen LogP contribution in [0.25, 0.3) is 0 Å². The van der Waals surface area contributed by atoms with Crippen molar-refractivity contribution in [2.75, 3.05) is 19.0 Å². The molecule has 0 heterocycles. The topological polar surface area (TPSA) is 73.6 Å². The number of ether oxygens (including phenoxy) is 2. The summed E-state index contributed by atoms with van der Waals surface area (Å²) >= 11 is 0. The molecule has 1 N–H and O–H groups in total. The van der Waals surface area contributed by atoms with E-state index in [2.05, 4.69) is 5.32 Å². The van der Waals surface area contributed by atoms with Gasteiger partial charge >= 0.3 is 0 Å². The molecule has 2 aromatic rings. The fourth-order valence-electron chi connectivity index (χ4n) is 2.21. The first-order valence-electron chi connectivity index (χ1n) is 7.30. The third kappa shape index (κ3) is 4.35. The number of rotatable bonds is 7. The number of para-hydroxylation sites is 2. The summed E-state index contributed by atoms with van der Waals surface area (Å²) in [7, 11) is 1.60. The Balaban J connectivity index is 1.95. The van der Waals surface area contributed by atoms with E-state index >= 15 is 0 Å². The van der Waals surface area contributed by atoms with Crippen molar-refractivity contribution < 1.29 is 14.4 Å². The summed E-state index contributed by atoms with van der Waals surface area (Å²) in [6.07, 6.45) is -0.0956. The number of nitro benzene ring substituents is 1. The van der Waals surface area contributed by atoms with Crippen molar-refractivity contribution in [3.05, 3.63) is 58.1 Å². The highest BCUT2D eigenvalue weighted by Crippen LogP contribution is 2.27. The maximum absolute atomic E-state index is 10.8. The Morgan fingerprint density at radius 1 is 1.22 bits per heavy atom. The molecule has 6 heteroatoms. The number of hydrogen-bond acceptors (Lipinski definition) is 5. The van der Waals surface area contributed by atoms with Gasteiger partial charge in [-0.05, 0) is 38.1 Å². The van der Waals surface area contributed by atoms with Crippen LogP contribution in [0.4, 0.5) is 11.4 Å². The number of hydrogen-bond donors (Lipinski definition) is 1. The van der Waals surface area contributed by atoms with E-state index in [1.54, 1.807) is 26.2 Å². The van der Waals surface area contributed by atoms with Crippen LogP contribution in [0.2, 0.25) is 0 Å². The number of anilines is 1. The van der Waals surface area contributed by atoms with E-state index < -0.39 is 0 Å². The maximum Gasteiger partial charge on any atom is 0.272 e. The minimum absolute atomic E-state index is 0.0956. The number of nitro groups is 1. The number of methoxy groups -OCH3 is 1. The molecule has 6 nitrogen and oxygen atoms in total. The summed E-state index contributed by atoms with van der Waals surface area (Å²) in [6, 6.07) is 12.4. The zero-order valence-corrected chi connectivity index (χ0v) is 13.4. The zero-order valence-electron chi connectivity index (χ0n) is 13.4. The normalized spacial score (nSPS) is 11.6. The van der Waals surface area contributed by atoms with E-state index in [9.17, 15) is 10.1 Å². The van der Waals surface area contributed by atoms with Crippen LogP contribution in [0.15, 0.2) is 42.5 Å². The molecule has 0 aliphatic carbocycles. The molecule has 0 spiro atoms. The van der Waals surface area contributed by atoms with Crippen molar-refractivity contribution in [1.29, 1.82) is 0 Å². The number of aryl methyl sites for hydroxylation is 1. The lowest BCUT2D eigenvalue weighted by atomic mass is 10.2. The SMILES string of the molecule is COc1ccccc1OC(C)CNc1ccc([N+](=O)[O-])c(C)c1. The molecule has 0 aliphatic rings. The molecule has 122 valence electrons. The molecule has 0 fully saturated rings. The third-order valence-corrected chi connectivity index (χ3v) is 3.38. The first kappa shape index (κ1) is 16.6. The summed E-state index contributed by atoms with van der Waals surface area (Å²) in [5, 5.41) is 14.0. The Morgan fingerprint density at radius 2 is 1.91 bits per heavy atom. The van der Waals surface area contributed by atoms with Gasteiger partial charge in [0.05, 0.1) is 18.6 Å². The predicted octanol–water partition coefficient (Wildman–Crippen LogP) is 3.79. The zero-order chi connectivity index (χ0) is 16.8. The molecule has 0 radical (unpaired) electrons. The molecule has 0 saturated heterocycles. The fourth-order valence-corrected chi connectivity index (χ4v) is 2.21. The quantitative estimate of drug-likeness (QED) is 0.621. The van der Waals surface area contributed by atoms with Crippen LogP contribution < -0.4 is 14.8 Å². The monoisotopic (exact) mass is 316 g/mol. The minimum atomic E-state index is -0.382. The van der Waals surface area contributed by atoms with Gasteiger partial charge in [0.15, 0.2) is 11.5 Å². The fraction of sp³-hybridized carbons (Fsp3) is 0.294. The first-order valence-corrected chi connectivity index (χ1v) is 7.30. The van der Waals surface area contributed by atoms with Gasteiger partial charge in [0.1, 0.15) is 6.10 Å². The van der Waals surface area contributed by atoms with Crippen molar-refractivity contribution in [3.63, 3.8) is 0 Å². The Hall–Kier alpha value is -2.76. The van der Waals surface area contributed by atoms with Gasteiger partial charge in [-0.3, -0.25) is 10.1 Å². The van der Waals surface area contributed by atoms with Gasteiger partial charge in [-0.1, -0.05) is 12.1 Å². The molecule has 23 heavy (non-hydrogen) atoms. The van der Waals surface area contributed by atoms with Crippen molar-refractivity contribution in [3.8, 4) is 11.5 Å². The van der Waals surface area contributed by atoms with Crippen LogP contribution in [-0.2, 0) is 0 Å². The molecule has 0 aliphatic heterocycles. The van der Waals surface area contributed by atoms with Crippen LogP contribution in [0.5, 0.6) is 11.5 Å². The molecule has 0 bridgehead atoms. The van der Waals surface area contributed by atoms with Gasteiger partial charge in [0, 0.05) is 17.3 Å². The van der Waals surface area contributed by atoms with E-state index in [0.717, 1.165) is 5.69 Å². The highest BCUT2D eigenvalue weighted by molar-refractivity contribution is 5.53. The lowest BCUT2D eigenvalue weighted by Crippen LogP contribution is -2.22. The predicted molar refractivity (Wildman–Crippen MR) is 89.4 cm³/mol. The molecule has 1 atom stereocenters. The van der Waals surface area contributed by atoms with Crippen LogP contribution in [0, 0.1) is 17.0 Å². The standard InChI is InChI=1S/C17H20N2O4/c1-12-10-14(8-9-15(12)19(20)21)18-11-13(2)23-17-7-5-4-6-16(17)22-3/h4-10,13,18H,11H2,1-3H3. The Bertz CT molecular complexity index is 688. The summed E-state index contributed by atoms with van der Waals surface area (Å²) < 4.78 is 11.1. The summed E-state index contributed by atoms with van der Waals surface area (Å²) in [5.41, 5.74) is 1.57. The number of benzene rings is 2. The largest absolute Gasteiger partial charge is 0.493 e. The number of nitrogens with zero attached hydrogens (tertiary/aromatic N) is 1. The van der Waals surface area contributed by atoms with Gasteiger partial charge < -0.3 is 14.8 Å². The average molecular weight is 316 g/mol. The second kappa shape index (κ2) is 7.49. The molecule has 0 aromatic heterocycles. The number of nitrogens with one attached hydrogen (secondary N) is 1. The van der Waals surface area contributed by atoms with Crippen LogP contribution in [0.1, 0.15) is 12.5 Å². The summed E-state index contributed by atoms with van der Waals surface area (Å²) in [4.78, 5) is 10.4. The Labute approximate surface area is 135 Å². The Morgan fingerprint density at radius 3 is 2.52 bits per heavy atom. The molecular formula is C17H20N2O4. The lowest BCUT2D eigenvalue weighted by Gasteiger charge is -2.18. The van der Waals surface area contributed by atoms with E-state index in [4.69, 9.17) is 9.47 Å². The van der Waals surface area contributed by atoms with Gasteiger partial charge in [-0.2, -0.15) is 0 Å². The smallest absolute Gasteiger partial charge is 0.272 e. The highest BCUT2D eigenvalue weighted by Gasteiger charge is 2.11. The first-order chi connectivity index (χ1) is 11.0. The van der Waals surface area contributed by atoms with E-state index in [1.165, 1.54) is 6.07 Å². The van der Waals surface area contributed by atoms with Gasteiger partial charge in [0.25, 0.3) is 5.69 Å². The summed E-state index contributed by atoms with van der Waals surface area (Å²) in [6.45, 7) is 4.23. The molecule has 2 aromatic carbocycles. The molecule has 1 unspecified atom stereocenters. The molecular weight excluding hydrogens is 296 g/mol. The van der Waals surface area contributed by atoms with Gasteiger partial charge in [0.2, 0.25) is 0 Å². The second-order valence-electron chi connectivity index (χ2n) is 5.22. The van der Waals surface area contributed by atoms with Crippen molar-refractivity contribution in [2.45, 2.75) is 20.0 Å².